The van der Waals surface area contributed by atoms with Gasteiger partial charge in [-0.05, 0) is 15.9 Å². The van der Waals surface area contributed by atoms with Crippen molar-refractivity contribution in [2.45, 2.75) is 0 Å². The molecule has 0 spiro atoms. The van der Waals surface area contributed by atoms with Crippen LogP contribution in [0.1, 0.15) is 0 Å². The van der Waals surface area contributed by atoms with Crippen LogP contribution in [0.5, 0.6) is 0 Å². The van der Waals surface area contributed by atoms with E-state index in [1.807, 2.05) is 0 Å². The van der Waals surface area contributed by atoms with Crippen LogP contribution in [-0.2, 0) is 0 Å². The third kappa shape index (κ3) is 4.01. The molecule has 1 aromatic rings. The van der Waals surface area contributed by atoms with Crippen molar-refractivity contribution in [3.63, 3.8) is 0 Å². The lowest BCUT2D eigenvalue weighted by Crippen LogP contribution is -2.30. The molecule has 2 N–H and O–H groups in total. The van der Waals surface area contributed by atoms with Gasteiger partial charge in [0.25, 0.3) is 0 Å². The number of anilines is 1. The van der Waals surface area contributed by atoms with E-state index in [2.05, 4.69) is 31.5 Å². The fourth-order valence-electron chi connectivity index (χ4n) is 0.804. The summed E-state index contributed by atoms with van der Waals surface area (Å²) in [5, 5.41) is 4.82. The predicted molar refractivity (Wildman–Crippen MR) is 59.6 cm³/mol. The van der Waals surface area contributed by atoms with Gasteiger partial charge in [-0.3, -0.25) is 5.32 Å². The minimum absolute atomic E-state index is 0.141. The molecule has 4 nitrogen and oxygen atoms in total. The molecular weight excluding hydrogens is 288 g/mol. The predicted octanol–water partition coefficient (Wildman–Crippen LogP) is 2.34. The molecule has 1 aromatic heterocycles. The number of nitrogens with zero attached hydrogens (tertiary/aromatic N) is 1. The molecule has 0 atom stereocenters. The number of urea groups is 1. The Morgan fingerprint density at radius 3 is 3.00 bits per heavy atom. The maximum atomic E-state index is 13.0. The summed E-state index contributed by atoms with van der Waals surface area (Å²) in [6, 6.07) is 0.648. The van der Waals surface area contributed by atoms with Gasteiger partial charge in [0.1, 0.15) is 11.6 Å². The Morgan fingerprint density at radius 1 is 1.67 bits per heavy atom. The zero-order valence-corrected chi connectivity index (χ0v) is 9.90. The molecule has 1 heterocycles. The average molecular weight is 297 g/mol. The van der Waals surface area contributed by atoms with Crippen LogP contribution in [0.4, 0.5) is 15.0 Å². The van der Waals surface area contributed by atoms with Gasteiger partial charge in [-0.2, -0.15) is 0 Å². The van der Waals surface area contributed by atoms with Gasteiger partial charge in [-0.15, -0.1) is 11.6 Å². The van der Waals surface area contributed by atoms with Crippen molar-refractivity contribution in [3.05, 3.63) is 22.6 Å². The second-order valence-electron chi connectivity index (χ2n) is 2.55. The Labute approximate surface area is 99.3 Å². The van der Waals surface area contributed by atoms with Crippen LogP contribution in [0.2, 0.25) is 0 Å². The van der Waals surface area contributed by atoms with Gasteiger partial charge in [0.05, 0.1) is 4.47 Å². The number of rotatable bonds is 3. The lowest BCUT2D eigenvalue weighted by molar-refractivity contribution is 0.252. The minimum Gasteiger partial charge on any atom is -0.337 e. The van der Waals surface area contributed by atoms with E-state index >= 15 is 0 Å². The Morgan fingerprint density at radius 2 is 2.40 bits per heavy atom. The molecule has 0 aliphatic rings. The largest absolute Gasteiger partial charge is 0.337 e. The normalized spacial score (nSPS) is 9.80. The van der Waals surface area contributed by atoms with Crippen molar-refractivity contribution < 1.29 is 9.18 Å². The molecule has 0 fully saturated rings. The first-order valence-corrected chi connectivity index (χ1v) is 5.38. The second-order valence-corrected chi connectivity index (χ2v) is 3.79. The van der Waals surface area contributed by atoms with Crippen LogP contribution in [0.15, 0.2) is 16.7 Å². The average Bonchev–Trinajstić information content (AvgIpc) is 2.20. The topological polar surface area (TPSA) is 54.0 Å². The number of carbonyl (C=O) groups excluding carboxylic acids is 1. The van der Waals surface area contributed by atoms with Gasteiger partial charge >= 0.3 is 6.03 Å². The van der Waals surface area contributed by atoms with Gasteiger partial charge in [0.2, 0.25) is 0 Å². The van der Waals surface area contributed by atoms with Crippen LogP contribution in [0.25, 0.3) is 0 Å². The number of carbonyl (C=O) groups is 1. The summed E-state index contributed by atoms with van der Waals surface area (Å²) in [6.45, 7) is 0.340. The summed E-state index contributed by atoms with van der Waals surface area (Å²) in [5.74, 6) is -0.0318. The van der Waals surface area contributed by atoms with Crippen molar-refractivity contribution in [2.75, 3.05) is 17.7 Å². The molecule has 0 aliphatic carbocycles. The lowest BCUT2D eigenvalue weighted by atomic mass is 10.4. The second kappa shape index (κ2) is 5.87. The van der Waals surface area contributed by atoms with Crippen LogP contribution < -0.4 is 10.6 Å². The molecule has 2 amide bonds. The standard InChI is InChI=1S/C8H8BrClFN3O/c9-5-4-13-7(3-6(5)11)14-8(15)12-2-1-10/h3-4H,1-2H2,(H2,12,13,14,15). The van der Waals surface area contributed by atoms with E-state index in [9.17, 15) is 9.18 Å². The van der Waals surface area contributed by atoms with Crippen molar-refractivity contribution in [3.8, 4) is 0 Å². The summed E-state index contributed by atoms with van der Waals surface area (Å²) < 4.78 is 13.2. The fraction of sp³-hybridized carbons (Fsp3) is 0.250. The maximum absolute atomic E-state index is 13.0. The number of amides is 2. The summed E-state index contributed by atoms with van der Waals surface area (Å²) in [6.07, 6.45) is 1.27. The van der Waals surface area contributed by atoms with Crippen LogP contribution >= 0.6 is 27.5 Å². The molecule has 0 bridgehead atoms. The number of halogens is 3. The molecule has 0 aliphatic heterocycles. The van der Waals surface area contributed by atoms with Gasteiger partial charge in [0, 0.05) is 24.7 Å². The molecule has 1 rings (SSSR count). The SMILES string of the molecule is O=C(NCCCl)Nc1cc(F)c(Br)cn1. The van der Waals surface area contributed by atoms with Crippen LogP contribution in [0.3, 0.4) is 0 Å². The molecular formula is C8H8BrClFN3O. The Balaban J connectivity index is 2.57. The van der Waals surface area contributed by atoms with Gasteiger partial charge in [-0.1, -0.05) is 0 Å². The maximum Gasteiger partial charge on any atom is 0.320 e. The first-order chi connectivity index (χ1) is 7.13. The van der Waals surface area contributed by atoms with E-state index < -0.39 is 11.8 Å². The molecule has 15 heavy (non-hydrogen) atoms. The first kappa shape index (κ1) is 12.2. The van der Waals surface area contributed by atoms with Crippen molar-refractivity contribution in [1.82, 2.24) is 10.3 Å². The Kier molecular flexibility index (Phi) is 4.77. The van der Waals surface area contributed by atoms with E-state index in [-0.39, 0.29) is 10.3 Å². The Bertz CT molecular complexity index is 364. The summed E-state index contributed by atoms with van der Waals surface area (Å²) in [5.41, 5.74) is 0. The number of pyridine rings is 1. The highest BCUT2D eigenvalue weighted by molar-refractivity contribution is 9.10. The van der Waals surface area contributed by atoms with E-state index in [0.29, 0.717) is 12.4 Å². The van der Waals surface area contributed by atoms with Gasteiger partial charge < -0.3 is 5.32 Å². The highest BCUT2D eigenvalue weighted by Crippen LogP contribution is 2.16. The highest BCUT2D eigenvalue weighted by Gasteiger charge is 2.05. The quantitative estimate of drug-likeness (QED) is 0.841. The van der Waals surface area contributed by atoms with E-state index in [1.165, 1.54) is 6.20 Å². The van der Waals surface area contributed by atoms with Crippen molar-refractivity contribution in [2.24, 2.45) is 0 Å². The third-order valence-electron chi connectivity index (χ3n) is 1.43. The molecule has 0 aromatic carbocycles. The summed E-state index contributed by atoms with van der Waals surface area (Å²) >= 11 is 8.32. The minimum atomic E-state index is -0.488. The number of hydrogen-bond acceptors (Lipinski definition) is 2. The first-order valence-electron chi connectivity index (χ1n) is 4.05. The highest BCUT2D eigenvalue weighted by atomic mass is 79.9. The number of alkyl halides is 1. The van der Waals surface area contributed by atoms with E-state index in [4.69, 9.17) is 11.6 Å². The fourth-order valence-corrected chi connectivity index (χ4v) is 1.12. The lowest BCUT2D eigenvalue weighted by Gasteiger charge is -2.05. The smallest absolute Gasteiger partial charge is 0.320 e. The van der Waals surface area contributed by atoms with E-state index in [1.54, 1.807) is 0 Å². The number of hydrogen-bond donors (Lipinski definition) is 2. The van der Waals surface area contributed by atoms with E-state index in [0.717, 1.165) is 6.07 Å². The van der Waals surface area contributed by atoms with Gasteiger partial charge in [-0.25, -0.2) is 14.2 Å². The third-order valence-corrected chi connectivity index (χ3v) is 2.20. The van der Waals surface area contributed by atoms with Crippen molar-refractivity contribution in [1.29, 1.82) is 0 Å². The zero-order chi connectivity index (χ0) is 11.3. The Hall–Kier alpha value is -0.880. The summed E-state index contributed by atoms with van der Waals surface area (Å²) in [4.78, 5) is 14.9. The van der Waals surface area contributed by atoms with Crippen LogP contribution in [-0.4, -0.2) is 23.4 Å². The molecule has 7 heteroatoms. The zero-order valence-electron chi connectivity index (χ0n) is 7.56. The summed E-state index contributed by atoms with van der Waals surface area (Å²) in [7, 11) is 0. The molecule has 0 radical (unpaired) electrons. The number of nitrogens with one attached hydrogen (secondary N) is 2. The van der Waals surface area contributed by atoms with Gasteiger partial charge in [0.15, 0.2) is 0 Å². The van der Waals surface area contributed by atoms with Crippen LogP contribution in [0, 0.1) is 5.82 Å². The molecule has 0 saturated heterocycles. The molecule has 0 saturated carbocycles. The monoisotopic (exact) mass is 295 g/mol. The molecule has 0 unspecified atom stereocenters. The number of aromatic nitrogens is 1. The molecule has 82 valence electrons. The van der Waals surface area contributed by atoms with Crippen molar-refractivity contribution >= 4 is 39.4 Å².